The summed E-state index contributed by atoms with van der Waals surface area (Å²) in [5.41, 5.74) is -0.0257. The molecule has 0 saturated heterocycles. The van der Waals surface area contributed by atoms with Crippen LogP contribution in [0.2, 0.25) is 0 Å². The van der Waals surface area contributed by atoms with E-state index >= 15 is 0 Å². The summed E-state index contributed by atoms with van der Waals surface area (Å²) in [7, 11) is 0.687. The zero-order chi connectivity index (χ0) is 23.7. The lowest BCUT2D eigenvalue weighted by molar-refractivity contribution is -0.141. The normalized spacial score (nSPS) is 12.1. The summed E-state index contributed by atoms with van der Waals surface area (Å²) in [5.74, 6) is 0.747. The van der Waals surface area contributed by atoms with Gasteiger partial charge >= 0.3 is 6.18 Å². The molecule has 0 radical (unpaired) electrons. The molecule has 7 nitrogen and oxygen atoms in total. The van der Waals surface area contributed by atoms with Crippen LogP contribution in [-0.4, -0.2) is 45.8 Å². The van der Waals surface area contributed by atoms with E-state index in [1.165, 1.54) is 45.6 Å². The second kappa shape index (κ2) is 8.83. The fraction of sp³-hybridized carbons (Fsp3) is 0.286. The Kier molecular flexibility index (Phi) is 6.51. The summed E-state index contributed by atoms with van der Waals surface area (Å²) in [4.78, 5) is 0.0268. The highest BCUT2D eigenvalue weighted by Crippen LogP contribution is 2.37. The number of halogens is 3. The van der Waals surface area contributed by atoms with Crippen molar-refractivity contribution in [1.29, 1.82) is 0 Å². The fourth-order valence-corrected chi connectivity index (χ4v) is 4.15. The largest absolute Gasteiger partial charge is 0.493 e. The van der Waals surface area contributed by atoms with Gasteiger partial charge in [0, 0.05) is 18.9 Å². The number of hydrogen-bond donors (Lipinski definition) is 0. The van der Waals surface area contributed by atoms with Crippen LogP contribution in [0.15, 0.2) is 47.4 Å². The van der Waals surface area contributed by atoms with Crippen LogP contribution in [0.5, 0.6) is 11.5 Å². The number of benzene rings is 2. The summed E-state index contributed by atoms with van der Waals surface area (Å²) in [6, 6.07) is 9.77. The zero-order valence-corrected chi connectivity index (χ0v) is 18.5. The third-order valence-electron chi connectivity index (χ3n) is 4.67. The molecule has 172 valence electrons. The summed E-state index contributed by atoms with van der Waals surface area (Å²) >= 11 is 0. The lowest BCUT2D eigenvalue weighted by Gasteiger charge is -2.14. The molecule has 0 aliphatic rings. The van der Waals surface area contributed by atoms with E-state index in [0.29, 0.717) is 22.6 Å². The summed E-state index contributed by atoms with van der Waals surface area (Å²) in [5, 5.41) is 3.75. The van der Waals surface area contributed by atoms with E-state index in [0.717, 1.165) is 17.0 Å². The Labute approximate surface area is 183 Å². The molecule has 1 heterocycles. The second-order valence-corrected chi connectivity index (χ2v) is 8.88. The number of rotatable bonds is 7. The van der Waals surface area contributed by atoms with Gasteiger partial charge in [0.2, 0.25) is 0 Å². The van der Waals surface area contributed by atoms with Gasteiger partial charge in [-0.1, -0.05) is 0 Å². The lowest BCUT2D eigenvalue weighted by Crippen LogP contribution is -2.09. The van der Waals surface area contributed by atoms with Crippen molar-refractivity contribution in [3.8, 4) is 28.4 Å². The predicted molar refractivity (Wildman–Crippen MR) is 111 cm³/mol. The maximum atomic E-state index is 13.5. The monoisotopic (exact) mass is 470 g/mol. The topological polar surface area (TPSA) is 79.7 Å². The number of hydrogen-bond acceptors (Lipinski definition) is 6. The van der Waals surface area contributed by atoms with Crippen molar-refractivity contribution in [3.63, 3.8) is 0 Å². The molecule has 11 heteroatoms. The van der Waals surface area contributed by atoms with E-state index in [9.17, 15) is 21.6 Å². The first kappa shape index (κ1) is 23.6. The molecule has 0 atom stereocenters. The van der Waals surface area contributed by atoms with Gasteiger partial charge in [-0.2, -0.15) is 18.3 Å². The van der Waals surface area contributed by atoms with E-state index in [4.69, 9.17) is 14.2 Å². The molecule has 1 aromatic heterocycles. The van der Waals surface area contributed by atoms with Crippen LogP contribution in [0.1, 0.15) is 11.3 Å². The summed E-state index contributed by atoms with van der Waals surface area (Å²) in [6.07, 6.45) is -3.63. The van der Waals surface area contributed by atoms with E-state index in [-0.39, 0.29) is 22.9 Å². The van der Waals surface area contributed by atoms with Gasteiger partial charge in [-0.05, 0) is 48.0 Å². The minimum atomic E-state index is -4.68. The minimum absolute atomic E-state index is 0.0268. The standard InChI is InChI=1S/C21H21F3N2O5S/c1-29-12-14-9-15(6-8-19(14)32(4,27)28)26-16(11-20(25-26)21(22,23)24)13-5-7-17(30-2)18(10-13)31-3/h5-11H,12H2,1-4H3. The Bertz CT molecular complexity index is 1240. The van der Waals surface area contributed by atoms with E-state index in [1.807, 2.05) is 0 Å². The highest BCUT2D eigenvalue weighted by atomic mass is 32.2. The van der Waals surface area contributed by atoms with E-state index < -0.39 is 21.7 Å². The highest BCUT2D eigenvalue weighted by molar-refractivity contribution is 7.90. The first-order valence-corrected chi connectivity index (χ1v) is 11.1. The molecule has 0 unspecified atom stereocenters. The summed E-state index contributed by atoms with van der Waals surface area (Å²) < 4.78 is 81.2. The Morgan fingerprint density at radius 1 is 0.969 bits per heavy atom. The van der Waals surface area contributed by atoms with Gasteiger partial charge in [0.15, 0.2) is 27.0 Å². The quantitative estimate of drug-likeness (QED) is 0.517. The number of methoxy groups -OCH3 is 3. The highest BCUT2D eigenvalue weighted by Gasteiger charge is 2.35. The van der Waals surface area contributed by atoms with Crippen LogP contribution in [0.25, 0.3) is 16.9 Å². The molecule has 0 spiro atoms. The molecule has 0 aliphatic carbocycles. The number of alkyl halides is 3. The molecule has 0 bridgehead atoms. The number of nitrogens with zero attached hydrogens (tertiary/aromatic N) is 2. The third kappa shape index (κ3) is 4.73. The molecule has 0 N–H and O–H groups in total. The van der Waals surface area contributed by atoms with Crippen LogP contribution in [-0.2, 0) is 27.4 Å². The number of aromatic nitrogens is 2. The number of sulfone groups is 1. The van der Waals surface area contributed by atoms with Crippen molar-refractivity contribution in [2.24, 2.45) is 0 Å². The van der Waals surface area contributed by atoms with Crippen LogP contribution < -0.4 is 9.47 Å². The van der Waals surface area contributed by atoms with Crippen molar-refractivity contribution in [2.75, 3.05) is 27.6 Å². The van der Waals surface area contributed by atoms with Crippen LogP contribution >= 0.6 is 0 Å². The van der Waals surface area contributed by atoms with Crippen molar-refractivity contribution in [1.82, 2.24) is 9.78 Å². The first-order valence-electron chi connectivity index (χ1n) is 9.21. The smallest absolute Gasteiger partial charge is 0.435 e. The molecular weight excluding hydrogens is 449 g/mol. The average Bonchev–Trinajstić information content (AvgIpc) is 3.18. The van der Waals surface area contributed by atoms with Crippen LogP contribution in [0.4, 0.5) is 13.2 Å². The zero-order valence-electron chi connectivity index (χ0n) is 17.7. The number of ether oxygens (including phenoxy) is 3. The second-order valence-electron chi connectivity index (χ2n) is 6.89. The molecule has 3 aromatic rings. The predicted octanol–water partition coefficient (Wildman–Crippen LogP) is 4.13. The van der Waals surface area contributed by atoms with Gasteiger partial charge in [-0.15, -0.1) is 0 Å². The molecule has 0 fully saturated rings. The first-order chi connectivity index (χ1) is 15.0. The molecule has 3 rings (SSSR count). The van der Waals surface area contributed by atoms with Crippen molar-refractivity contribution in [2.45, 2.75) is 17.7 Å². The van der Waals surface area contributed by atoms with E-state index in [1.54, 1.807) is 12.1 Å². The van der Waals surface area contributed by atoms with Crippen molar-refractivity contribution >= 4 is 9.84 Å². The Morgan fingerprint density at radius 3 is 2.22 bits per heavy atom. The maximum Gasteiger partial charge on any atom is 0.435 e. The Morgan fingerprint density at radius 2 is 1.66 bits per heavy atom. The molecule has 0 amide bonds. The maximum absolute atomic E-state index is 13.5. The van der Waals surface area contributed by atoms with Gasteiger partial charge in [0.05, 0.1) is 37.1 Å². The molecule has 32 heavy (non-hydrogen) atoms. The molecular formula is C21H21F3N2O5S. The Balaban J connectivity index is 2.25. The molecule has 0 saturated carbocycles. The lowest BCUT2D eigenvalue weighted by atomic mass is 10.1. The van der Waals surface area contributed by atoms with Gasteiger partial charge in [0.25, 0.3) is 0 Å². The van der Waals surface area contributed by atoms with Gasteiger partial charge in [0.1, 0.15) is 0 Å². The molecule has 2 aromatic carbocycles. The molecule has 0 aliphatic heterocycles. The van der Waals surface area contributed by atoms with E-state index in [2.05, 4.69) is 5.10 Å². The SMILES string of the molecule is COCc1cc(-n2nc(C(F)(F)F)cc2-c2ccc(OC)c(OC)c2)ccc1S(C)(=O)=O. The fourth-order valence-electron chi connectivity index (χ4n) is 3.25. The van der Waals surface area contributed by atoms with Crippen molar-refractivity contribution in [3.05, 3.63) is 53.7 Å². The van der Waals surface area contributed by atoms with Crippen LogP contribution in [0, 0.1) is 0 Å². The van der Waals surface area contributed by atoms with Gasteiger partial charge in [-0.3, -0.25) is 0 Å². The third-order valence-corrected chi connectivity index (χ3v) is 5.86. The minimum Gasteiger partial charge on any atom is -0.493 e. The van der Waals surface area contributed by atoms with Gasteiger partial charge in [-0.25, -0.2) is 13.1 Å². The summed E-state index contributed by atoms with van der Waals surface area (Å²) in [6.45, 7) is -0.0463. The van der Waals surface area contributed by atoms with Crippen molar-refractivity contribution < 1.29 is 35.8 Å². The Hall–Kier alpha value is -3.05. The average molecular weight is 470 g/mol. The van der Waals surface area contributed by atoms with Gasteiger partial charge < -0.3 is 14.2 Å². The van der Waals surface area contributed by atoms with Crippen LogP contribution in [0.3, 0.4) is 0 Å².